The summed E-state index contributed by atoms with van der Waals surface area (Å²) in [5, 5.41) is 7.61. The minimum Gasteiger partial charge on any atom is -0.350 e. The molecule has 2 bridgehead atoms. The summed E-state index contributed by atoms with van der Waals surface area (Å²) >= 11 is 12.5. The van der Waals surface area contributed by atoms with Gasteiger partial charge in [0.15, 0.2) is 0 Å². The third-order valence-corrected chi connectivity index (χ3v) is 9.08. The van der Waals surface area contributed by atoms with E-state index in [-0.39, 0.29) is 17.9 Å². The number of hydrogen-bond donors (Lipinski definition) is 2. The predicted octanol–water partition coefficient (Wildman–Crippen LogP) is 4.69. The number of rotatable bonds is 7. The Hall–Kier alpha value is -1.30. The van der Waals surface area contributed by atoms with Crippen LogP contribution in [0.15, 0.2) is 18.2 Å². The number of benzene rings is 1. The monoisotopic (exact) mass is 491 g/mol. The zero-order valence-electron chi connectivity index (χ0n) is 19.3. The molecule has 3 saturated heterocycles. The lowest BCUT2D eigenvalue weighted by molar-refractivity contribution is -0.132. The van der Waals surface area contributed by atoms with Crippen LogP contribution in [0.3, 0.4) is 0 Å². The maximum absolute atomic E-state index is 13.6. The van der Waals surface area contributed by atoms with E-state index in [9.17, 15) is 9.59 Å². The molecule has 3 heterocycles. The highest BCUT2D eigenvalue weighted by Gasteiger charge is 2.53. The number of hydrogen-bond acceptors (Lipinski definition) is 3. The summed E-state index contributed by atoms with van der Waals surface area (Å²) in [6.07, 6.45) is 10.5. The minimum atomic E-state index is -0.637. The summed E-state index contributed by atoms with van der Waals surface area (Å²) in [4.78, 5) is 29.5. The van der Waals surface area contributed by atoms with Gasteiger partial charge in [-0.15, -0.1) is 0 Å². The Bertz CT molecular complexity index is 890. The molecule has 2 aliphatic carbocycles. The second-order valence-electron chi connectivity index (χ2n) is 10.7. The van der Waals surface area contributed by atoms with Gasteiger partial charge in [-0.3, -0.25) is 9.59 Å². The molecule has 6 rings (SSSR count). The highest BCUT2D eigenvalue weighted by molar-refractivity contribution is 6.35. The molecule has 2 N–H and O–H groups in total. The molecule has 1 aromatic rings. The van der Waals surface area contributed by atoms with Crippen LogP contribution in [0.25, 0.3) is 0 Å². The fourth-order valence-corrected chi connectivity index (χ4v) is 6.91. The second-order valence-corrected chi connectivity index (χ2v) is 11.6. The van der Waals surface area contributed by atoms with Crippen molar-refractivity contribution in [2.75, 3.05) is 19.6 Å². The molecule has 180 valence electrons. The van der Waals surface area contributed by atoms with Crippen molar-refractivity contribution in [3.63, 3.8) is 0 Å². The molecule has 0 aromatic heterocycles. The van der Waals surface area contributed by atoms with Gasteiger partial charge in [0.2, 0.25) is 11.8 Å². The molecule has 2 unspecified atom stereocenters. The van der Waals surface area contributed by atoms with E-state index >= 15 is 0 Å². The van der Waals surface area contributed by atoms with Crippen LogP contribution in [0, 0.1) is 11.8 Å². The minimum absolute atomic E-state index is 0.00863. The number of piperidine rings is 3. The third kappa shape index (κ3) is 5.06. The van der Waals surface area contributed by atoms with Gasteiger partial charge in [-0.2, -0.15) is 0 Å². The summed E-state index contributed by atoms with van der Waals surface area (Å²) < 4.78 is 0. The Labute approximate surface area is 206 Å². The van der Waals surface area contributed by atoms with Crippen LogP contribution in [0.1, 0.15) is 69.8 Å². The summed E-state index contributed by atoms with van der Waals surface area (Å²) in [5.74, 6) is 0.977. The number of carbonyl (C=O) groups is 2. The fourth-order valence-electron chi connectivity index (χ4n) is 6.32. The normalized spacial score (nSPS) is 29.3. The summed E-state index contributed by atoms with van der Waals surface area (Å²) in [7, 11) is 0. The first kappa shape index (κ1) is 23.4. The number of fused-ring (bicyclic) bond motifs is 3. The molecule has 5 nitrogen and oxygen atoms in total. The van der Waals surface area contributed by atoms with Crippen LogP contribution in [0.2, 0.25) is 10.0 Å². The average molecular weight is 492 g/mol. The predicted molar refractivity (Wildman–Crippen MR) is 132 cm³/mol. The van der Waals surface area contributed by atoms with Gasteiger partial charge >= 0.3 is 0 Å². The van der Waals surface area contributed by atoms with Crippen LogP contribution in [0.4, 0.5) is 0 Å². The third-order valence-electron chi connectivity index (χ3n) is 8.53. The van der Waals surface area contributed by atoms with Gasteiger partial charge in [-0.25, -0.2) is 0 Å². The number of amides is 2. The van der Waals surface area contributed by atoms with Crippen molar-refractivity contribution < 1.29 is 9.59 Å². The van der Waals surface area contributed by atoms with Gasteiger partial charge < -0.3 is 15.5 Å². The van der Waals surface area contributed by atoms with Crippen molar-refractivity contribution in [3.05, 3.63) is 33.8 Å². The van der Waals surface area contributed by atoms with Crippen LogP contribution in [-0.2, 0) is 15.0 Å². The molecule has 5 fully saturated rings. The SMILES string of the molecule is O=C(NC1CN2CCC1CC2)C(CC1CCCCC1)NC(=O)C1(c2ccc(Cl)cc2Cl)CC1. The van der Waals surface area contributed by atoms with E-state index in [1.807, 2.05) is 6.07 Å². The molecular formula is C26H35Cl2N3O2. The van der Waals surface area contributed by atoms with Gasteiger partial charge in [0, 0.05) is 22.6 Å². The Morgan fingerprint density at radius 3 is 2.39 bits per heavy atom. The smallest absolute Gasteiger partial charge is 0.242 e. The number of carbonyl (C=O) groups excluding carboxylic acids is 2. The van der Waals surface area contributed by atoms with Crippen molar-refractivity contribution in [1.29, 1.82) is 0 Å². The molecule has 1 aromatic carbocycles. The summed E-state index contributed by atoms with van der Waals surface area (Å²) in [5.41, 5.74) is 0.183. The topological polar surface area (TPSA) is 61.4 Å². The Morgan fingerprint density at radius 2 is 1.79 bits per heavy atom. The van der Waals surface area contributed by atoms with E-state index in [1.54, 1.807) is 12.1 Å². The quantitative estimate of drug-likeness (QED) is 0.581. The second kappa shape index (κ2) is 9.75. The molecule has 3 aliphatic heterocycles. The van der Waals surface area contributed by atoms with Gasteiger partial charge in [0.25, 0.3) is 0 Å². The summed E-state index contributed by atoms with van der Waals surface area (Å²) in [6.45, 7) is 3.22. The van der Waals surface area contributed by atoms with E-state index in [0.717, 1.165) is 70.1 Å². The van der Waals surface area contributed by atoms with E-state index in [1.165, 1.54) is 19.3 Å². The van der Waals surface area contributed by atoms with Crippen LogP contribution in [0.5, 0.6) is 0 Å². The molecule has 0 radical (unpaired) electrons. The molecular weight excluding hydrogens is 457 g/mol. The molecule has 2 amide bonds. The van der Waals surface area contributed by atoms with Crippen molar-refractivity contribution in [2.45, 2.75) is 81.7 Å². The molecule has 33 heavy (non-hydrogen) atoms. The fraction of sp³-hybridized carbons (Fsp3) is 0.692. The van der Waals surface area contributed by atoms with Gasteiger partial charge in [-0.1, -0.05) is 61.4 Å². The van der Waals surface area contributed by atoms with Crippen LogP contribution < -0.4 is 10.6 Å². The number of halogens is 2. The molecule has 7 heteroatoms. The van der Waals surface area contributed by atoms with Crippen molar-refractivity contribution in [1.82, 2.24) is 15.5 Å². The van der Waals surface area contributed by atoms with E-state index < -0.39 is 11.5 Å². The van der Waals surface area contributed by atoms with Crippen molar-refractivity contribution in [3.8, 4) is 0 Å². The Balaban J connectivity index is 1.30. The average Bonchev–Trinajstić information content (AvgIpc) is 3.62. The number of nitrogens with zero attached hydrogens (tertiary/aromatic N) is 1. The van der Waals surface area contributed by atoms with Crippen LogP contribution in [-0.4, -0.2) is 48.4 Å². The van der Waals surface area contributed by atoms with E-state index in [4.69, 9.17) is 23.2 Å². The summed E-state index contributed by atoms with van der Waals surface area (Å²) in [6, 6.07) is 5.06. The van der Waals surface area contributed by atoms with Gasteiger partial charge in [-0.05, 0) is 74.7 Å². The molecule has 2 atom stereocenters. The zero-order valence-corrected chi connectivity index (χ0v) is 20.8. The van der Waals surface area contributed by atoms with Crippen molar-refractivity contribution >= 4 is 35.0 Å². The first-order valence-corrected chi connectivity index (χ1v) is 13.5. The highest BCUT2D eigenvalue weighted by Crippen LogP contribution is 2.51. The highest BCUT2D eigenvalue weighted by atomic mass is 35.5. The van der Waals surface area contributed by atoms with Gasteiger partial charge in [0.1, 0.15) is 6.04 Å². The largest absolute Gasteiger partial charge is 0.350 e. The molecule has 0 spiro atoms. The molecule has 2 saturated carbocycles. The maximum atomic E-state index is 13.6. The lowest BCUT2D eigenvalue weighted by atomic mass is 9.82. The molecule has 5 aliphatic rings. The van der Waals surface area contributed by atoms with Crippen molar-refractivity contribution in [2.24, 2.45) is 11.8 Å². The van der Waals surface area contributed by atoms with Crippen LogP contribution >= 0.6 is 23.2 Å². The van der Waals surface area contributed by atoms with Gasteiger partial charge in [0.05, 0.1) is 5.41 Å². The number of nitrogens with one attached hydrogen (secondary N) is 2. The Kier molecular flexibility index (Phi) is 6.93. The first-order chi connectivity index (χ1) is 15.9. The lowest BCUT2D eigenvalue weighted by Gasteiger charge is -2.45. The zero-order chi connectivity index (χ0) is 23.0. The lowest BCUT2D eigenvalue weighted by Crippen LogP contribution is -2.60. The van der Waals surface area contributed by atoms with E-state index in [0.29, 0.717) is 21.9 Å². The van der Waals surface area contributed by atoms with E-state index in [2.05, 4.69) is 15.5 Å². The maximum Gasteiger partial charge on any atom is 0.242 e. The standard InChI is InChI=1S/C26H35Cl2N3O2/c27-19-6-7-20(21(28)15-19)26(10-11-26)25(33)30-22(14-17-4-2-1-3-5-17)24(32)29-23-16-31-12-8-18(23)9-13-31/h6-7,15,17-18,22-23H,1-5,8-14,16H2,(H,29,32)(H,30,33). The Morgan fingerprint density at radius 1 is 1.06 bits per heavy atom. The first-order valence-electron chi connectivity index (χ1n) is 12.7.